The molecule has 0 bridgehead atoms. The minimum Gasteiger partial charge on any atom is -0.497 e. The van der Waals surface area contributed by atoms with Crippen molar-refractivity contribution in [2.24, 2.45) is 0 Å². The molecule has 1 aliphatic rings. The molecule has 1 N–H and O–H groups in total. The highest BCUT2D eigenvalue weighted by Gasteiger charge is 2.33. The monoisotopic (exact) mass is 271 g/mol. The van der Waals surface area contributed by atoms with E-state index >= 15 is 0 Å². The Morgan fingerprint density at radius 1 is 1.40 bits per heavy atom. The molecule has 1 fully saturated rings. The summed E-state index contributed by atoms with van der Waals surface area (Å²) in [6, 6.07) is 6.17. The number of aryl methyl sites for hydroxylation is 1. The van der Waals surface area contributed by atoms with Gasteiger partial charge in [0.1, 0.15) is 5.75 Å². The molecule has 2 aromatic rings. The molecule has 0 amide bonds. The first-order valence-corrected chi connectivity index (χ1v) is 7.03. The molecule has 106 valence electrons. The molecular formula is C16H21N3O. The molecular weight excluding hydrogens is 250 g/mol. The van der Waals surface area contributed by atoms with Crippen molar-refractivity contribution < 1.29 is 4.74 Å². The standard InChI is InChI=1S/C16H21N3O/c1-12-8-13(20-3)4-5-14(12)19-11-18-9-15(19)16(2)6-7-17-10-16/h4-5,8-9,11,17H,6-7,10H2,1-3H3. The van der Waals surface area contributed by atoms with Crippen LogP contribution in [0.4, 0.5) is 0 Å². The Balaban J connectivity index is 2.05. The molecule has 0 spiro atoms. The highest BCUT2D eigenvalue weighted by Crippen LogP contribution is 2.32. The minimum absolute atomic E-state index is 0.156. The summed E-state index contributed by atoms with van der Waals surface area (Å²) in [5, 5.41) is 3.45. The number of nitrogens with zero attached hydrogens (tertiary/aromatic N) is 2. The third-order valence-corrected chi connectivity index (χ3v) is 4.29. The molecule has 20 heavy (non-hydrogen) atoms. The average molecular weight is 271 g/mol. The zero-order chi connectivity index (χ0) is 14.2. The number of benzene rings is 1. The quantitative estimate of drug-likeness (QED) is 0.932. The second-order valence-corrected chi connectivity index (χ2v) is 5.79. The van der Waals surface area contributed by atoms with Crippen LogP contribution >= 0.6 is 0 Å². The van der Waals surface area contributed by atoms with Gasteiger partial charge in [0.2, 0.25) is 0 Å². The van der Waals surface area contributed by atoms with E-state index in [1.54, 1.807) is 7.11 Å². The number of methoxy groups -OCH3 is 1. The fraction of sp³-hybridized carbons (Fsp3) is 0.438. The summed E-state index contributed by atoms with van der Waals surface area (Å²) in [5.74, 6) is 0.890. The van der Waals surface area contributed by atoms with Crippen LogP contribution in [0.25, 0.3) is 5.69 Å². The lowest BCUT2D eigenvalue weighted by atomic mass is 9.86. The minimum atomic E-state index is 0.156. The van der Waals surface area contributed by atoms with Crippen LogP contribution in [0.3, 0.4) is 0 Å². The Labute approximate surface area is 119 Å². The molecule has 4 nitrogen and oxygen atoms in total. The van der Waals surface area contributed by atoms with E-state index in [0.29, 0.717) is 0 Å². The smallest absolute Gasteiger partial charge is 0.119 e. The topological polar surface area (TPSA) is 39.1 Å². The summed E-state index contributed by atoms with van der Waals surface area (Å²) >= 11 is 0. The van der Waals surface area contributed by atoms with Crippen molar-refractivity contribution >= 4 is 0 Å². The average Bonchev–Trinajstić information content (AvgIpc) is 3.08. The highest BCUT2D eigenvalue weighted by atomic mass is 16.5. The summed E-state index contributed by atoms with van der Waals surface area (Å²) < 4.78 is 7.49. The largest absolute Gasteiger partial charge is 0.497 e. The van der Waals surface area contributed by atoms with E-state index in [1.165, 1.54) is 16.9 Å². The predicted octanol–water partition coefficient (Wildman–Crippen LogP) is 2.44. The second-order valence-electron chi connectivity index (χ2n) is 5.79. The maximum absolute atomic E-state index is 5.28. The van der Waals surface area contributed by atoms with Crippen LogP contribution in [0.1, 0.15) is 24.6 Å². The van der Waals surface area contributed by atoms with Crippen LogP contribution in [0.5, 0.6) is 5.75 Å². The molecule has 3 rings (SSSR count). The van der Waals surface area contributed by atoms with Gasteiger partial charge >= 0.3 is 0 Å². The van der Waals surface area contributed by atoms with Gasteiger partial charge in [0, 0.05) is 29.5 Å². The predicted molar refractivity (Wildman–Crippen MR) is 79.7 cm³/mol. The molecule has 2 heterocycles. The van der Waals surface area contributed by atoms with E-state index in [1.807, 2.05) is 18.6 Å². The summed E-state index contributed by atoms with van der Waals surface area (Å²) in [4.78, 5) is 4.38. The fourth-order valence-electron chi connectivity index (χ4n) is 2.99. The molecule has 1 aromatic heterocycles. The normalized spacial score (nSPS) is 22.1. The van der Waals surface area contributed by atoms with E-state index in [4.69, 9.17) is 4.74 Å². The first kappa shape index (κ1) is 13.2. The van der Waals surface area contributed by atoms with E-state index in [0.717, 1.165) is 25.3 Å². The maximum Gasteiger partial charge on any atom is 0.119 e. The fourth-order valence-corrected chi connectivity index (χ4v) is 2.99. The van der Waals surface area contributed by atoms with Gasteiger partial charge in [0.05, 0.1) is 13.4 Å². The highest BCUT2D eigenvalue weighted by molar-refractivity contribution is 5.46. The van der Waals surface area contributed by atoms with Gasteiger partial charge in [0.15, 0.2) is 0 Å². The van der Waals surface area contributed by atoms with Gasteiger partial charge in [-0.3, -0.25) is 0 Å². The van der Waals surface area contributed by atoms with Crippen molar-refractivity contribution in [2.75, 3.05) is 20.2 Å². The van der Waals surface area contributed by atoms with Crippen molar-refractivity contribution in [2.45, 2.75) is 25.7 Å². The molecule has 1 unspecified atom stereocenters. The molecule has 1 aliphatic heterocycles. The number of rotatable bonds is 3. The van der Waals surface area contributed by atoms with E-state index in [2.05, 4.69) is 40.8 Å². The lowest BCUT2D eigenvalue weighted by Crippen LogP contribution is -2.27. The van der Waals surface area contributed by atoms with E-state index in [-0.39, 0.29) is 5.41 Å². The summed E-state index contributed by atoms with van der Waals surface area (Å²) in [6.45, 7) is 6.49. The maximum atomic E-state index is 5.28. The number of nitrogens with one attached hydrogen (secondary N) is 1. The van der Waals surface area contributed by atoms with Crippen molar-refractivity contribution in [1.82, 2.24) is 14.9 Å². The van der Waals surface area contributed by atoms with Gasteiger partial charge in [-0.2, -0.15) is 0 Å². The number of imidazole rings is 1. The van der Waals surface area contributed by atoms with E-state index in [9.17, 15) is 0 Å². The van der Waals surface area contributed by atoms with Crippen LogP contribution < -0.4 is 10.1 Å². The third-order valence-electron chi connectivity index (χ3n) is 4.29. The van der Waals surface area contributed by atoms with Gasteiger partial charge < -0.3 is 14.6 Å². The molecule has 1 atom stereocenters. The first-order chi connectivity index (χ1) is 9.64. The molecule has 0 saturated carbocycles. The summed E-state index contributed by atoms with van der Waals surface area (Å²) in [6.07, 6.45) is 5.05. The van der Waals surface area contributed by atoms with Gasteiger partial charge in [0.25, 0.3) is 0 Å². The lowest BCUT2D eigenvalue weighted by Gasteiger charge is -2.25. The number of hydrogen-bond acceptors (Lipinski definition) is 3. The van der Waals surface area contributed by atoms with Crippen LogP contribution in [-0.4, -0.2) is 29.8 Å². The van der Waals surface area contributed by atoms with E-state index < -0.39 is 0 Å². The molecule has 1 saturated heterocycles. The van der Waals surface area contributed by atoms with Crippen molar-refractivity contribution in [3.05, 3.63) is 42.0 Å². The molecule has 1 aromatic carbocycles. The summed E-state index contributed by atoms with van der Waals surface area (Å²) in [7, 11) is 1.70. The molecule has 0 radical (unpaired) electrons. The Morgan fingerprint density at radius 3 is 2.90 bits per heavy atom. The molecule has 0 aliphatic carbocycles. The van der Waals surface area contributed by atoms with Crippen LogP contribution in [0.15, 0.2) is 30.7 Å². The zero-order valence-corrected chi connectivity index (χ0v) is 12.3. The van der Waals surface area contributed by atoms with Crippen LogP contribution in [-0.2, 0) is 5.41 Å². The van der Waals surface area contributed by atoms with Gasteiger partial charge in [-0.1, -0.05) is 6.92 Å². The van der Waals surface area contributed by atoms with Crippen LogP contribution in [0.2, 0.25) is 0 Å². The Hall–Kier alpha value is -1.81. The van der Waals surface area contributed by atoms with Crippen molar-refractivity contribution in [3.63, 3.8) is 0 Å². The number of hydrogen-bond donors (Lipinski definition) is 1. The third kappa shape index (κ3) is 2.10. The van der Waals surface area contributed by atoms with Gasteiger partial charge in [-0.15, -0.1) is 0 Å². The Kier molecular flexibility index (Phi) is 3.26. The Morgan fingerprint density at radius 2 is 2.25 bits per heavy atom. The van der Waals surface area contributed by atoms with Gasteiger partial charge in [-0.05, 0) is 43.7 Å². The van der Waals surface area contributed by atoms with Gasteiger partial charge in [-0.25, -0.2) is 4.98 Å². The Bertz CT molecular complexity index is 612. The SMILES string of the molecule is COc1ccc(-n2cncc2C2(C)CCNC2)c(C)c1. The first-order valence-electron chi connectivity index (χ1n) is 7.03. The van der Waals surface area contributed by atoms with Crippen molar-refractivity contribution in [1.29, 1.82) is 0 Å². The lowest BCUT2D eigenvalue weighted by molar-refractivity contribution is 0.414. The number of aromatic nitrogens is 2. The van der Waals surface area contributed by atoms with Crippen LogP contribution in [0, 0.1) is 6.92 Å². The zero-order valence-electron chi connectivity index (χ0n) is 12.3. The van der Waals surface area contributed by atoms with Crippen molar-refractivity contribution in [3.8, 4) is 11.4 Å². The molecule has 4 heteroatoms. The second kappa shape index (κ2) is 4.94. The summed E-state index contributed by atoms with van der Waals surface area (Å²) in [5.41, 5.74) is 3.79. The number of ether oxygens (including phenoxy) is 1.